The standard InChI is InChI=1S/C14H25N3O7/c1-7(2)5-9(14(23)24)16-13(22)10(6-18)17-12(21)8(15)3-4-11(19)20/h7-10,18H,3-6,15H2,1-2H3,(H,16,22)(H,17,21)(H,19,20)(H,23,24). The van der Waals surface area contributed by atoms with Gasteiger partial charge in [-0.1, -0.05) is 13.8 Å². The second-order valence-electron chi connectivity index (χ2n) is 5.81. The fourth-order valence-electron chi connectivity index (χ4n) is 1.85. The number of rotatable bonds is 11. The van der Waals surface area contributed by atoms with Gasteiger partial charge < -0.3 is 31.7 Å². The van der Waals surface area contributed by atoms with Crippen molar-refractivity contribution in [3.8, 4) is 0 Å². The Morgan fingerprint density at radius 1 is 1.00 bits per heavy atom. The van der Waals surface area contributed by atoms with E-state index in [0.717, 1.165) is 0 Å². The third kappa shape index (κ3) is 8.44. The maximum absolute atomic E-state index is 12.0. The molecule has 3 unspecified atom stereocenters. The van der Waals surface area contributed by atoms with Gasteiger partial charge in [-0.2, -0.15) is 0 Å². The topological polar surface area (TPSA) is 179 Å². The number of hydrogen-bond donors (Lipinski definition) is 6. The summed E-state index contributed by atoms with van der Waals surface area (Å²) in [6, 6.07) is -3.68. The number of aliphatic carboxylic acids is 2. The lowest BCUT2D eigenvalue weighted by atomic mass is 10.0. The van der Waals surface area contributed by atoms with Crippen LogP contribution in [-0.4, -0.2) is 63.8 Å². The zero-order valence-electron chi connectivity index (χ0n) is 13.7. The molecule has 2 amide bonds. The van der Waals surface area contributed by atoms with Crippen molar-refractivity contribution in [1.29, 1.82) is 0 Å². The highest BCUT2D eigenvalue weighted by Crippen LogP contribution is 2.05. The third-order valence-corrected chi connectivity index (χ3v) is 3.14. The molecule has 0 spiro atoms. The van der Waals surface area contributed by atoms with E-state index in [1.807, 2.05) is 0 Å². The Hall–Kier alpha value is -2.20. The number of carbonyl (C=O) groups is 4. The van der Waals surface area contributed by atoms with Crippen molar-refractivity contribution < 1.29 is 34.5 Å². The lowest BCUT2D eigenvalue weighted by Crippen LogP contribution is -2.56. The van der Waals surface area contributed by atoms with E-state index in [4.69, 9.17) is 15.9 Å². The molecule has 0 saturated heterocycles. The van der Waals surface area contributed by atoms with Crippen LogP contribution in [0.3, 0.4) is 0 Å². The van der Waals surface area contributed by atoms with Crippen LogP contribution < -0.4 is 16.4 Å². The molecular weight excluding hydrogens is 322 g/mol. The van der Waals surface area contributed by atoms with Gasteiger partial charge in [0, 0.05) is 6.42 Å². The van der Waals surface area contributed by atoms with Gasteiger partial charge in [-0.3, -0.25) is 14.4 Å². The Kier molecular flexibility index (Phi) is 9.58. The van der Waals surface area contributed by atoms with E-state index in [9.17, 15) is 24.3 Å². The van der Waals surface area contributed by atoms with Crippen molar-refractivity contribution >= 4 is 23.8 Å². The smallest absolute Gasteiger partial charge is 0.326 e. The van der Waals surface area contributed by atoms with E-state index in [1.165, 1.54) is 0 Å². The largest absolute Gasteiger partial charge is 0.481 e. The van der Waals surface area contributed by atoms with Gasteiger partial charge in [0.1, 0.15) is 12.1 Å². The van der Waals surface area contributed by atoms with E-state index in [2.05, 4.69) is 10.6 Å². The number of hydrogen-bond acceptors (Lipinski definition) is 6. The van der Waals surface area contributed by atoms with Gasteiger partial charge in [-0.15, -0.1) is 0 Å². The molecule has 0 aliphatic carbocycles. The first kappa shape index (κ1) is 21.8. The Morgan fingerprint density at radius 3 is 1.96 bits per heavy atom. The number of carboxylic acid groups (broad SMARTS) is 2. The van der Waals surface area contributed by atoms with Gasteiger partial charge >= 0.3 is 11.9 Å². The van der Waals surface area contributed by atoms with E-state index in [0.29, 0.717) is 0 Å². The first-order valence-electron chi connectivity index (χ1n) is 7.50. The van der Waals surface area contributed by atoms with Crippen LogP contribution in [0.25, 0.3) is 0 Å². The summed E-state index contributed by atoms with van der Waals surface area (Å²) >= 11 is 0. The quantitative estimate of drug-likeness (QED) is 0.255. The Bertz CT molecular complexity index is 467. The van der Waals surface area contributed by atoms with E-state index in [1.54, 1.807) is 13.8 Å². The van der Waals surface area contributed by atoms with Crippen molar-refractivity contribution in [2.45, 2.75) is 51.2 Å². The molecule has 0 aliphatic heterocycles. The highest BCUT2D eigenvalue weighted by atomic mass is 16.4. The fraction of sp³-hybridized carbons (Fsp3) is 0.714. The normalized spacial score (nSPS) is 14.5. The summed E-state index contributed by atoms with van der Waals surface area (Å²) in [6.07, 6.45) is -0.266. The number of aliphatic hydroxyl groups excluding tert-OH is 1. The van der Waals surface area contributed by atoms with E-state index in [-0.39, 0.29) is 25.2 Å². The van der Waals surface area contributed by atoms with Gasteiger partial charge in [0.2, 0.25) is 11.8 Å². The number of aliphatic hydroxyl groups is 1. The highest BCUT2D eigenvalue weighted by Gasteiger charge is 2.28. The molecule has 3 atom stereocenters. The van der Waals surface area contributed by atoms with Gasteiger partial charge in [0.25, 0.3) is 0 Å². The molecule has 0 radical (unpaired) electrons. The minimum atomic E-state index is -1.37. The zero-order valence-corrected chi connectivity index (χ0v) is 13.7. The second kappa shape index (κ2) is 10.6. The van der Waals surface area contributed by atoms with Crippen molar-refractivity contribution in [1.82, 2.24) is 10.6 Å². The molecule has 10 nitrogen and oxygen atoms in total. The van der Waals surface area contributed by atoms with Crippen LogP contribution in [0, 0.1) is 5.92 Å². The summed E-state index contributed by atoms with van der Waals surface area (Å²) in [5.41, 5.74) is 5.50. The van der Waals surface area contributed by atoms with Crippen molar-refractivity contribution in [2.75, 3.05) is 6.61 Å². The second-order valence-corrected chi connectivity index (χ2v) is 5.81. The fourth-order valence-corrected chi connectivity index (χ4v) is 1.85. The molecule has 0 aromatic heterocycles. The number of nitrogens with one attached hydrogen (secondary N) is 2. The molecule has 138 valence electrons. The molecule has 0 fully saturated rings. The summed E-state index contributed by atoms with van der Waals surface area (Å²) in [6.45, 7) is 2.82. The number of nitrogens with two attached hydrogens (primary N) is 1. The molecule has 0 rings (SSSR count). The summed E-state index contributed by atoms with van der Waals surface area (Å²) in [5, 5.41) is 31.3. The Labute approximate surface area is 139 Å². The monoisotopic (exact) mass is 347 g/mol. The SMILES string of the molecule is CC(C)CC(NC(=O)C(CO)NC(=O)C(N)CCC(=O)O)C(=O)O. The molecule has 24 heavy (non-hydrogen) atoms. The van der Waals surface area contributed by atoms with Crippen LogP contribution >= 0.6 is 0 Å². The first-order valence-corrected chi connectivity index (χ1v) is 7.50. The molecular formula is C14H25N3O7. The lowest BCUT2D eigenvalue weighted by Gasteiger charge is -2.22. The highest BCUT2D eigenvalue weighted by molar-refractivity contribution is 5.91. The summed E-state index contributed by atoms with van der Waals surface area (Å²) in [7, 11) is 0. The molecule has 0 aromatic carbocycles. The van der Waals surface area contributed by atoms with Gasteiger partial charge in [-0.05, 0) is 18.8 Å². The summed E-state index contributed by atoms with van der Waals surface area (Å²) < 4.78 is 0. The Balaban J connectivity index is 4.70. The van der Waals surface area contributed by atoms with E-state index >= 15 is 0 Å². The number of carbonyl (C=O) groups excluding carboxylic acids is 2. The molecule has 7 N–H and O–H groups in total. The summed E-state index contributed by atoms with van der Waals surface area (Å²) in [5.74, 6) is -3.99. The van der Waals surface area contributed by atoms with Crippen LogP contribution in [0.15, 0.2) is 0 Å². The Morgan fingerprint density at radius 2 is 1.54 bits per heavy atom. The first-order chi connectivity index (χ1) is 11.1. The van der Waals surface area contributed by atoms with Crippen molar-refractivity contribution in [2.24, 2.45) is 11.7 Å². The minimum Gasteiger partial charge on any atom is -0.481 e. The lowest BCUT2D eigenvalue weighted by molar-refractivity contribution is -0.143. The van der Waals surface area contributed by atoms with Gasteiger partial charge in [0.05, 0.1) is 12.6 Å². The number of amides is 2. The number of carboxylic acids is 2. The minimum absolute atomic E-state index is 0.0120. The molecule has 10 heteroatoms. The zero-order chi connectivity index (χ0) is 18.9. The predicted octanol–water partition coefficient (Wildman–Crippen LogP) is -1.73. The molecule has 0 saturated carbocycles. The van der Waals surface area contributed by atoms with Gasteiger partial charge in [-0.25, -0.2) is 4.79 Å². The van der Waals surface area contributed by atoms with Crippen LogP contribution in [0.5, 0.6) is 0 Å². The van der Waals surface area contributed by atoms with Crippen molar-refractivity contribution in [3.05, 3.63) is 0 Å². The maximum Gasteiger partial charge on any atom is 0.326 e. The van der Waals surface area contributed by atoms with Crippen LogP contribution in [0.4, 0.5) is 0 Å². The van der Waals surface area contributed by atoms with Crippen LogP contribution in [-0.2, 0) is 19.2 Å². The van der Waals surface area contributed by atoms with Crippen LogP contribution in [0.2, 0.25) is 0 Å². The maximum atomic E-state index is 12.0. The van der Waals surface area contributed by atoms with Crippen LogP contribution in [0.1, 0.15) is 33.1 Å². The molecule has 0 heterocycles. The molecule has 0 bridgehead atoms. The molecule has 0 aromatic rings. The van der Waals surface area contributed by atoms with E-state index < -0.39 is 48.5 Å². The van der Waals surface area contributed by atoms with Gasteiger partial charge in [0.15, 0.2) is 0 Å². The molecule has 0 aliphatic rings. The third-order valence-electron chi connectivity index (χ3n) is 3.14. The van der Waals surface area contributed by atoms with Crippen molar-refractivity contribution in [3.63, 3.8) is 0 Å². The average molecular weight is 347 g/mol. The predicted molar refractivity (Wildman–Crippen MR) is 82.9 cm³/mol. The summed E-state index contributed by atoms with van der Waals surface area (Å²) in [4.78, 5) is 45.4. The average Bonchev–Trinajstić information content (AvgIpc) is 2.48.